The SMILES string of the molecule is Nc1ccccc1NC(=O)CCCCCC(=O)Nc1cccc([C@@H]2O[C@H](CSc3ncccn3)C[C@H](c3ccc(CO)cc3)O2)c1. The largest absolute Gasteiger partial charge is 0.397 e. The summed E-state index contributed by atoms with van der Waals surface area (Å²) in [6.07, 6.45) is 5.89. The van der Waals surface area contributed by atoms with Crippen molar-refractivity contribution in [3.8, 4) is 0 Å². The van der Waals surface area contributed by atoms with Crippen molar-refractivity contribution in [2.45, 2.75) is 68.8 Å². The number of benzene rings is 3. The molecule has 0 saturated carbocycles. The van der Waals surface area contributed by atoms with Crippen LogP contribution in [-0.2, 0) is 25.7 Å². The van der Waals surface area contributed by atoms with Crippen molar-refractivity contribution in [3.63, 3.8) is 0 Å². The topological polar surface area (TPSA) is 149 Å². The predicted octanol–water partition coefficient (Wildman–Crippen LogP) is 6.42. The third-order valence-electron chi connectivity index (χ3n) is 7.54. The molecule has 0 bridgehead atoms. The number of aliphatic hydroxyl groups excluding tert-OH is 1. The minimum Gasteiger partial charge on any atom is -0.397 e. The van der Waals surface area contributed by atoms with Gasteiger partial charge in [0.1, 0.15) is 0 Å². The molecule has 0 spiro atoms. The molecule has 0 aliphatic carbocycles. The smallest absolute Gasteiger partial charge is 0.224 e. The second kappa shape index (κ2) is 16.9. The highest BCUT2D eigenvalue weighted by Gasteiger charge is 2.32. The molecule has 1 aliphatic rings. The van der Waals surface area contributed by atoms with Crippen LogP contribution in [0.5, 0.6) is 0 Å². The number of aliphatic hydroxyl groups is 1. The van der Waals surface area contributed by atoms with Gasteiger partial charge >= 0.3 is 0 Å². The lowest BCUT2D eigenvalue weighted by Gasteiger charge is -2.36. The summed E-state index contributed by atoms with van der Waals surface area (Å²) in [6, 6.07) is 24.2. The van der Waals surface area contributed by atoms with E-state index < -0.39 is 6.29 Å². The second-order valence-electron chi connectivity index (χ2n) is 11.1. The van der Waals surface area contributed by atoms with Gasteiger partial charge < -0.3 is 30.9 Å². The van der Waals surface area contributed by atoms with Gasteiger partial charge in [0.15, 0.2) is 11.4 Å². The van der Waals surface area contributed by atoms with Gasteiger partial charge in [-0.1, -0.05) is 66.7 Å². The molecular weight excluding hydrogens is 602 g/mol. The number of nitrogen functional groups attached to an aromatic ring is 1. The third-order valence-corrected chi connectivity index (χ3v) is 8.55. The summed E-state index contributed by atoms with van der Waals surface area (Å²) in [5.41, 5.74) is 10.3. The van der Waals surface area contributed by atoms with Crippen LogP contribution < -0.4 is 16.4 Å². The zero-order valence-corrected chi connectivity index (χ0v) is 26.3. The fourth-order valence-corrected chi connectivity index (χ4v) is 5.93. The lowest BCUT2D eigenvalue weighted by atomic mass is 10.0. The number of carbonyl (C=O) groups is 2. The second-order valence-corrected chi connectivity index (χ2v) is 12.0. The first-order chi connectivity index (χ1) is 22.5. The number of para-hydroxylation sites is 2. The Morgan fingerprint density at radius 3 is 2.33 bits per heavy atom. The number of nitrogens with zero attached hydrogens (tertiary/aromatic N) is 2. The van der Waals surface area contributed by atoms with E-state index in [2.05, 4.69) is 20.6 Å². The Kier molecular flexibility index (Phi) is 12.1. The molecule has 1 saturated heterocycles. The Labute approximate surface area is 273 Å². The molecule has 0 radical (unpaired) electrons. The molecule has 1 aromatic heterocycles. The number of ether oxygens (including phenoxy) is 2. The third kappa shape index (κ3) is 9.85. The lowest BCUT2D eigenvalue weighted by Crippen LogP contribution is -2.31. The van der Waals surface area contributed by atoms with Crippen LogP contribution >= 0.6 is 11.8 Å². The van der Waals surface area contributed by atoms with Crippen LogP contribution in [0.4, 0.5) is 17.1 Å². The number of carbonyl (C=O) groups excluding carboxylic acids is 2. The Hall–Kier alpha value is -4.29. The molecule has 11 heteroatoms. The average molecular weight is 642 g/mol. The minimum absolute atomic E-state index is 0.0196. The molecular formula is C35H39N5O5S. The fraction of sp³-hybridized carbons (Fsp3) is 0.314. The molecule has 1 fully saturated rings. The van der Waals surface area contributed by atoms with Crippen molar-refractivity contribution in [1.82, 2.24) is 9.97 Å². The van der Waals surface area contributed by atoms with Crippen LogP contribution in [0.3, 0.4) is 0 Å². The monoisotopic (exact) mass is 641 g/mol. The van der Waals surface area contributed by atoms with Crippen LogP contribution in [0.15, 0.2) is 96.4 Å². The summed E-state index contributed by atoms with van der Waals surface area (Å²) < 4.78 is 12.9. The van der Waals surface area contributed by atoms with E-state index in [1.54, 1.807) is 30.6 Å². The highest BCUT2D eigenvalue weighted by molar-refractivity contribution is 7.99. The van der Waals surface area contributed by atoms with Gasteiger partial charge in [-0.2, -0.15) is 0 Å². The first kappa shape index (κ1) is 33.1. The molecule has 2 heterocycles. The maximum atomic E-state index is 12.7. The molecule has 10 nitrogen and oxygen atoms in total. The number of hydrogen-bond donors (Lipinski definition) is 4. The van der Waals surface area contributed by atoms with Crippen LogP contribution in [0.25, 0.3) is 0 Å². The van der Waals surface area contributed by atoms with Crippen LogP contribution in [0, 0.1) is 0 Å². The van der Waals surface area contributed by atoms with Gasteiger partial charge in [-0.25, -0.2) is 9.97 Å². The quantitative estimate of drug-likeness (QED) is 0.0530. The summed E-state index contributed by atoms with van der Waals surface area (Å²) in [7, 11) is 0. The zero-order chi connectivity index (χ0) is 32.1. The van der Waals surface area contributed by atoms with Crippen molar-refractivity contribution in [2.75, 3.05) is 22.1 Å². The lowest BCUT2D eigenvalue weighted by molar-refractivity contribution is -0.245. The highest BCUT2D eigenvalue weighted by atomic mass is 32.2. The fourth-order valence-electron chi connectivity index (χ4n) is 5.11. The summed E-state index contributed by atoms with van der Waals surface area (Å²) in [6.45, 7) is -0.0196. The van der Waals surface area contributed by atoms with Gasteiger partial charge in [0.05, 0.1) is 30.2 Å². The highest BCUT2D eigenvalue weighted by Crippen LogP contribution is 2.39. The summed E-state index contributed by atoms with van der Waals surface area (Å²) in [4.78, 5) is 33.6. The molecule has 5 N–H and O–H groups in total. The number of thioether (sulfide) groups is 1. The van der Waals surface area contributed by atoms with Gasteiger partial charge in [0.2, 0.25) is 11.8 Å². The van der Waals surface area contributed by atoms with Gasteiger partial charge in [0.25, 0.3) is 0 Å². The number of nitrogens with two attached hydrogens (primary N) is 1. The summed E-state index contributed by atoms with van der Waals surface area (Å²) in [5, 5.41) is 16.0. The Bertz CT molecular complexity index is 1570. The van der Waals surface area contributed by atoms with Crippen molar-refractivity contribution in [1.29, 1.82) is 0 Å². The molecule has 4 aromatic rings. The van der Waals surface area contributed by atoms with E-state index in [4.69, 9.17) is 15.2 Å². The van der Waals surface area contributed by atoms with Crippen LogP contribution in [0.1, 0.15) is 67.6 Å². The van der Waals surface area contributed by atoms with Gasteiger partial charge in [0, 0.05) is 48.7 Å². The normalized spacial score (nSPS) is 17.7. The van der Waals surface area contributed by atoms with E-state index in [-0.39, 0.29) is 30.6 Å². The Morgan fingerprint density at radius 2 is 1.59 bits per heavy atom. The molecule has 3 atom stereocenters. The Balaban J connectivity index is 1.14. The number of nitrogens with one attached hydrogen (secondary N) is 2. The standard InChI is InChI=1S/C35H39N5O5S/c36-29-10-4-5-11-30(29)40-33(43)13-3-1-2-12-32(42)39-27-9-6-8-26(20-27)34-44-28(23-46-35-37-18-7-19-38-35)21-31(45-34)25-16-14-24(22-41)15-17-25/h4-11,14-20,28,31,34,41H,1-3,12-13,21-23,36H2,(H,39,42)(H,40,43)/t28-,31+,34+/m0/s1. The van der Waals surface area contributed by atoms with E-state index in [1.165, 1.54) is 11.8 Å². The molecule has 240 valence electrons. The zero-order valence-electron chi connectivity index (χ0n) is 25.5. The van der Waals surface area contributed by atoms with E-state index in [0.29, 0.717) is 60.1 Å². The average Bonchev–Trinajstić information content (AvgIpc) is 3.08. The van der Waals surface area contributed by atoms with Crippen molar-refractivity contribution < 1.29 is 24.2 Å². The maximum absolute atomic E-state index is 12.7. The first-order valence-electron chi connectivity index (χ1n) is 15.4. The molecule has 2 amide bonds. The molecule has 1 aliphatic heterocycles. The van der Waals surface area contributed by atoms with Crippen molar-refractivity contribution in [3.05, 3.63) is 108 Å². The molecule has 5 rings (SSSR count). The summed E-state index contributed by atoms with van der Waals surface area (Å²) in [5.74, 6) is 0.459. The number of hydrogen-bond acceptors (Lipinski definition) is 9. The van der Waals surface area contributed by atoms with Gasteiger partial charge in [-0.05, 0) is 54.3 Å². The number of rotatable bonds is 14. The van der Waals surface area contributed by atoms with Crippen LogP contribution in [0.2, 0.25) is 0 Å². The van der Waals surface area contributed by atoms with E-state index >= 15 is 0 Å². The van der Waals surface area contributed by atoms with E-state index in [1.807, 2.05) is 60.7 Å². The Morgan fingerprint density at radius 1 is 0.848 bits per heavy atom. The predicted molar refractivity (Wildman–Crippen MR) is 179 cm³/mol. The van der Waals surface area contributed by atoms with E-state index in [9.17, 15) is 14.7 Å². The molecule has 0 unspecified atom stereocenters. The molecule has 46 heavy (non-hydrogen) atoms. The number of aromatic nitrogens is 2. The van der Waals surface area contributed by atoms with Crippen molar-refractivity contribution in [2.24, 2.45) is 0 Å². The minimum atomic E-state index is -0.646. The number of anilines is 3. The maximum Gasteiger partial charge on any atom is 0.224 e. The first-order valence-corrected chi connectivity index (χ1v) is 16.4. The van der Waals surface area contributed by atoms with E-state index in [0.717, 1.165) is 23.1 Å². The number of unbranched alkanes of at least 4 members (excludes halogenated alkanes) is 2. The van der Waals surface area contributed by atoms with Gasteiger partial charge in [-0.15, -0.1) is 0 Å². The van der Waals surface area contributed by atoms with Crippen LogP contribution in [-0.4, -0.2) is 38.7 Å². The number of amides is 2. The summed E-state index contributed by atoms with van der Waals surface area (Å²) >= 11 is 1.53. The van der Waals surface area contributed by atoms with Crippen molar-refractivity contribution >= 4 is 40.6 Å². The van der Waals surface area contributed by atoms with Gasteiger partial charge in [-0.3, -0.25) is 9.59 Å². The molecule has 3 aromatic carbocycles.